The zero-order chi connectivity index (χ0) is 32.9. The van der Waals surface area contributed by atoms with E-state index in [1.54, 1.807) is 11.0 Å². The number of fused-ring (bicyclic) bond motifs is 1. The summed E-state index contributed by atoms with van der Waals surface area (Å²) in [5.41, 5.74) is 5.93. The number of alkyl halides is 6. The highest BCUT2D eigenvalue weighted by Gasteiger charge is 2.38. The van der Waals surface area contributed by atoms with Gasteiger partial charge in [0, 0.05) is 18.7 Å². The largest absolute Gasteiger partial charge is 0.490 e. The molecule has 0 spiro atoms. The average Bonchev–Trinajstić information content (AvgIpc) is 3.68. The smallest absolute Gasteiger partial charge is 0.475 e. The summed E-state index contributed by atoms with van der Waals surface area (Å²) in [6, 6.07) is 29.3. The summed E-state index contributed by atoms with van der Waals surface area (Å²) in [5.74, 6) is -2.23. The number of aromatic amines is 1. The van der Waals surface area contributed by atoms with Crippen LogP contribution in [0.25, 0.3) is 39.2 Å². The van der Waals surface area contributed by atoms with Gasteiger partial charge >= 0.3 is 18.3 Å². The third-order valence-electron chi connectivity index (χ3n) is 6.63. The topological polar surface area (TPSA) is 109 Å². The van der Waals surface area contributed by atoms with Crippen LogP contribution in [0.5, 0.6) is 0 Å². The number of carboxylic acids is 1. The SMILES string of the molecule is FC(F)(F)c1ccc2nc(-c3ccc(-c4cccc(CNCc5cnn(-c6ccccc6)n5)c4)cc3)[nH]c2c1.O=C(O)C(F)(F)F. The summed E-state index contributed by atoms with van der Waals surface area (Å²) in [5, 5.41) is 19.4. The lowest BCUT2D eigenvalue weighted by Gasteiger charge is -2.07. The van der Waals surface area contributed by atoms with Crippen LogP contribution in [0, 0.1) is 0 Å². The lowest BCUT2D eigenvalue weighted by molar-refractivity contribution is -0.192. The van der Waals surface area contributed by atoms with E-state index in [1.807, 2.05) is 66.7 Å². The lowest BCUT2D eigenvalue weighted by Crippen LogP contribution is -2.21. The standard InChI is InChI=1S/C30H23F3N6.C2HF3O2/c31-30(32,33)24-13-14-27-28(16-24)37-29(36-27)22-11-9-21(10-12-22)23-6-4-5-20(15-23)17-34-18-25-19-35-39(38-25)26-7-2-1-3-8-26;3-2(4,5)1(6)7/h1-16,19,34H,17-18H2,(H,36,37);(H,6,7). The van der Waals surface area contributed by atoms with Gasteiger partial charge in [0.2, 0.25) is 0 Å². The van der Waals surface area contributed by atoms with Gasteiger partial charge in [-0.2, -0.15) is 41.3 Å². The highest BCUT2D eigenvalue weighted by atomic mass is 19.4. The Bertz CT molecular complexity index is 1930. The maximum atomic E-state index is 13.0. The second-order valence-electron chi connectivity index (χ2n) is 9.96. The van der Waals surface area contributed by atoms with Crippen LogP contribution in [0.15, 0.2) is 103 Å². The molecule has 0 radical (unpaired) electrons. The maximum absolute atomic E-state index is 13.0. The van der Waals surface area contributed by atoms with E-state index in [4.69, 9.17) is 9.90 Å². The molecule has 8 nitrogen and oxygen atoms in total. The number of H-pyrrole nitrogens is 1. The van der Waals surface area contributed by atoms with E-state index < -0.39 is 23.9 Å². The van der Waals surface area contributed by atoms with Crippen LogP contribution in [-0.4, -0.2) is 42.2 Å². The normalized spacial score (nSPS) is 11.7. The molecule has 2 heterocycles. The van der Waals surface area contributed by atoms with Gasteiger partial charge in [-0.15, -0.1) is 0 Å². The first-order chi connectivity index (χ1) is 21.9. The molecule has 0 aliphatic carbocycles. The van der Waals surface area contributed by atoms with Crippen LogP contribution in [0.1, 0.15) is 16.8 Å². The molecule has 0 unspecified atom stereocenters. The number of halogens is 6. The molecule has 6 aromatic rings. The minimum absolute atomic E-state index is 0.353. The number of nitrogens with one attached hydrogen (secondary N) is 2. The second kappa shape index (κ2) is 13.2. The molecule has 3 N–H and O–H groups in total. The van der Waals surface area contributed by atoms with Crippen molar-refractivity contribution in [3.05, 3.63) is 120 Å². The predicted molar refractivity (Wildman–Crippen MR) is 158 cm³/mol. The first-order valence-corrected chi connectivity index (χ1v) is 13.6. The number of imidazole rings is 1. The lowest BCUT2D eigenvalue weighted by atomic mass is 10.0. The highest BCUT2D eigenvalue weighted by Crippen LogP contribution is 2.32. The van der Waals surface area contributed by atoms with E-state index in [0.29, 0.717) is 29.9 Å². The monoisotopic (exact) mass is 638 g/mol. The van der Waals surface area contributed by atoms with Crippen molar-refractivity contribution in [1.29, 1.82) is 0 Å². The predicted octanol–water partition coefficient (Wildman–Crippen LogP) is 7.42. The number of hydrogen-bond acceptors (Lipinski definition) is 5. The van der Waals surface area contributed by atoms with Crippen LogP contribution >= 0.6 is 0 Å². The van der Waals surface area contributed by atoms with Crippen molar-refractivity contribution in [3.63, 3.8) is 0 Å². The van der Waals surface area contributed by atoms with E-state index >= 15 is 0 Å². The van der Waals surface area contributed by atoms with E-state index in [1.165, 1.54) is 6.07 Å². The van der Waals surface area contributed by atoms with Crippen molar-refractivity contribution in [1.82, 2.24) is 30.3 Å². The zero-order valence-electron chi connectivity index (χ0n) is 23.6. The minimum Gasteiger partial charge on any atom is -0.475 e. The molecule has 46 heavy (non-hydrogen) atoms. The molecule has 0 amide bonds. The Kier molecular flexibility index (Phi) is 9.18. The van der Waals surface area contributed by atoms with Crippen LogP contribution < -0.4 is 5.32 Å². The molecule has 14 heteroatoms. The van der Waals surface area contributed by atoms with Crippen molar-refractivity contribution in [2.24, 2.45) is 0 Å². The third kappa shape index (κ3) is 7.95. The molecule has 0 saturated carbocycles. The molecule has 2 aromatic heterocycles. The minimum atomic E-state index is -5.08. The van der Waals surface area contributed by atoms with E-state index in [-0.39, 0.29) is 0 Å². The van der Waals surface area contributed by atoms with Crippen molar-refractivity contribution in [2.45, 2.75) is 25.4 Å². The van der Waals surface area contributed by atoms with Gasteiger partial charge in [0.05, 0.1) is 34.2 Å². The zero-order valence-corrected chi connectivity index (χ0v) is 23.6. The molecule has 0 atom stereocenters. The van der Waals surface area contributed by atoms with Gasteiger partial charge in [0.15, 0.2) is 0 Å². The number of aliphatic carboxylic acids is 1. The van der Waals surface area contributed by atoms with Gasteiger partial charge in [-0.3, -0.25) is 0 Å². The van der Waals surface area contributed by atoms with E-state index in [2.05, 4.69) is 37.6 Å². The summed E-state index contributed by atoms with van der Waals surface area (Å²) in [6.45, 7) is 1.26. The quantitative estimate of drug-likeness (QED) is 0.157. The van der Waals surface area contributed by atoms with Crippen LogP contribution in [0.3, 0.4) is 0 Å². The summed E-state index contributed by atoms with van der Waals surface area (Å²) in [7, 11) is 0. The van der Waals surface area contributed by atoms with Crippen LogP contribution in [0.2, 0.25) is 0 Å². The molecule has 6 rings (SSSR count). The van der Waals surface area contributed by atoms with Gasteiger partial charge in [0.1, 0.15) is 5.82 Å². The molecular weight excluding hydrogens is 614 g/mol. The number of carboxylic acid groups (broad SMARTS) is 1. The number of hydrogen-bond donors (Lipinski definition) is 3. The van der Waals surface area contributed by atoms with Gasteiger partial charge < -0.3 is 15.4 Å². The first kappa shape index (κ1) is 31.9. The number of rotatable bonds is 7. The molecule has 0 saturated heterocycles. The van der Waals surface area contributed by atoms with Crippen molar-refractivity contribution in [3.8, 4) is 28.2 Å². The Hall–Kier alpha value is -5.50. The first-order valence-electron chi connectivity index (χ1n) is 13.6. The summed E-state index contributed by atoms with van der Waals surface area (Å²) in [4.78, 5) is 18.0. The van der Waals surface area contributed by atoms with Crippen LogP contribution in [0.4, 0.5) is 26.3 Å². The third-order valence-corrected chi connectivity index (χ3v) is 6.63. The van der Waals surface area contributed by atoms with Gasteiger partial charge in [-0.05, 0) is 53.1 Å². The highest BCUT2D eigenvalue weighted by molar-refractivity contribution is 5.80. The summed E-state index contributed by atoms with van der Waals surface area (Å²) < 4.78 is 70.9. The van der Waals surface area contributed by atoms with Gasteiger partial charge in [-0.25, -0.2) is 9.78 Å². The molecule has 4 aromatic carbocycles. The number of benzene rings is 4. The Labute approximate surface area is 257 Å². The number of aromatic nitrogens is 5. The Morgan fingerprint density at radius 3 is 2.17 bits per heavy atom. The van der Waals surface area contributed by atoms with Crippen LogP contribution in [-0.2, 0) is 24.1 Å². The molecule has 0 aliphatic rings. The maximum Gasteiger partial charge on any atom is 0.490 e. The van der Waals surface area contributed by atoms with E-state index in [9.17, 15) is 26.3 Å². The summed E-state index contributed by atoms with van der Waals surface area (Å²) in [6.07, 6.45) is -7.72. The van der Waals surface area contributed by atoms with Crippen molar-refractivity contribution in [2.75, 3.05) is 0 Å². The average molecular weight is 639 g/mol. The Morgan fingerprint density at radius 1 is 0.804 bits per heavy atom. The molecular formula is C32H24F6N6O2. The number of nitrogens with zero attached hydrogens (tertiary/aromatic N) is 4. The molecule has 0 fully saturated rings. The number of carbonyl (C=O) groups is 1. The van der Waals surface area contributed by atoms with Gasteiger partial charge in [0.25, 0.3) is 0 Å². The number of para-hydroxylation sites is 1. The molecule has 236 valence electrons. The van der Waals surface area contributed by atoms with Crippen molar-refractivity contribution >= 4 is 17.0 Å². The van der Waals surface area contributed by atoms with Gasteiger partial charge in [-0.1, -0.05) is 60.7 Å². The fourth-order valence-corrected chi connectivity index (χ4v) is 4.40. The van der Waals surface area contributed by atoms with Crippen molar-refractivity contribution < 1.29 is 36.2 Å². The summed E-state index contributed by atoms with van der Waals surface area (Å²) >= 11 is 0. The molecule has 0 bridgehead atoms. The Balaban J connectivity index is 0.000000537. The molecule has 0 aliphatic heterocycles. The Morgan fingerprint density at radius 2 is 1.50 bits per heavy atom. The second-order valence-corrected chi connectivity index (χ2v) is 9.96. The fraction of sp³-hybridized carbons (Fsp3) is 0.125. The van der Waals surface area contributed by atoms with E-state index in [0.717, 1.165) is 45.8 Å². The fourth-order valence-electron chi connectivity index (χ4n) is 4.40.